The van der Waals surface area contributed by atoms with Crippen LogP contribution in [-0.2, 0) is 12.1 Å². The minimum atomic E-state index is -0.155. The third-order valence-electron chi connectivity index (χ3n) is 3.66. The summed E-state index contributed by atoms with van der Waals surface area (Å²) in [6.45, 7) is 7.84. The molecule has 8 heteroatoms. The number of anilines is 1. The fourth-order valence-corrected chi connectivity index (χ4v) is 2.52. The number of aromatic nitrogens is 3. The fraction of sp³-hybridized carbons (Fsp3) is 0.471. The number of nitrogens with zero attached hydrogens (tertiary/aromatic N) is 4. The van der Waals surface area contributed by atoms with Crippen molar-refractivity contribution in [1.82, 2.24) is 14.8 Å². The average molecular weight is 344 g/mol. The highest BCUT2D eigenvalue weighted by atomic mass is 16.5. The summed E-state index contributed by atoms with van der Waals surface area (Å²) in [5.41, 5.74) is 6.64. The smallest absolute Gasteiger partial charge is 0.193 e. The highest BCUT2D eigenvalue weighted by molar-refractivity contribution is 5.92. The Hall–Kier alpha value is -2.77. The van der Waals surface area contributed by atoms with E-state index >= 15 is 0 Å². The number of fused-ring (bicyclic) bond motifs is 1. The second-order valence-corrected chi connectivity index (χ2v) is 6.80. The summed E-state index contributed by atoms with van der Waals surface area (Å²) in [6.07, 6.45) is 2.40. The van der Waals surface area contributed by atoms with Crippen molar-refractivity contribution in [3.05, 3.63) is 30.4 Å². The zero-order chi connectivity index (χ0) is 17.9. The van der Waals surface area contributed by atoms with Crippen LogP contribution in [0.5, 0.6) is 11.5 Å². The molecule has 0 amide bonds. The molecule has 3 rings (SSSR count). The molecule has 0 aliphatic carbocycles. The van der Waals surface area contributed by atoms with E-state index in [9.17, 15) is 0 Å². The van der Waals surface area contributed by atoms with Crippen LogP contribution in [0.3, 0.4) is 0 Å². The van der Waals surface area contributed by atoms with Crippen LogP contribution >= 0.6 is 0 Å². The first-order valence-electron chi connectivity index (χ1n) is 8.29. The lowest BCUT2D eigenvalue weighted by molar-refractivity contribution is 0.297. The van der Waals surface area contributed by atoms with Gasteiger partial charge in [-0.15, -0.1) is 0 Å². The summed E-state index contributed by atoms with van der Waals surface area (Å²) in [4.78, 5) is 8.61. The van der Waals surface area contributed by atoms with Crippen molar-refractivity contribution in [3.63, 3.8) is 0 Å². The zero-order valence-corrected chi connectivity index (χ0v) is 14.8. The largest absolute Gasteiger partial charge is 0.490 e. The van der Waals surface area contributed by atoms with Crippen LogP contribution in [0, 0.1) is 0 Å². The summed E-state index contributed by atoms with van der Waals surface area (Å²) in [5, 5.41) is 7.32. The van der Waals surface area contributed by atoms with Crippen LogP contribution in [0.2, 0.25) is 0 Å². The molecule has 134 valence electrons. The van der Waals surface area contributed by atoms with Gasteiger partial charge in [0.2, 0.25) is 0 Å². The maximum Gasteiger partial charge on any atom is 0.193 e. The highest BCUT2D eigenvalue weighted by Crippen LogP contribution is 2.32. The topological polar surface area (TPSA) is 99.6 Å². The second-order valence-electron chi connectivity index (χ2n) is 6.80. The number of rotatable bonds is 3. The second kappa shape index (κ2) is 7.00. The van der Waals surface area contributed by atoms with Gasteiger partial charge in [-0.2, -0.15) is 5.10 Å². The molecule has 0 unspecified atom stereocenters. The minimum absolute atomic E-state index is 0.155. The Balaban J connectivity index is 1.68. The quantitative estimate of drug-likeness (QED) is 0.653. The number of hydrogen-bond donors (Lipinski definition) is 2. The Bertz CT molecular complexity index is 763. The average Bonchev–Trinajstić information content (AvgIpc) is 2.92. The molecule has 1 aromatic heterocycles. The van der Waals surface area contributed by atoms with Crippen LogP contribution in [0.15, 0.2) is 29.5 Å². The Kier molecular flexibility index (Phi) is 4.78. The van der Waals surface area contributed by atoms with E-state index in [0.29, 0.717) is 31.5 Å². The molecule has 0 fully saturated rings. The molecule has 1 aromatic carbocycles. The third-order valence-corrected chi connectivity index (χ3v) is 3.66. The predicted molar refractivity (Wildman–Crippen MR) is 96.0 cm³/mol. The normalized spacial score (nSPS) is 14.9. The molecule has 25 heavy (non-hydrogen) atoms. The lowest BCUT2D eigenvalue weighted by Crippen LogP contribution is -2.26. The summed E-state index contributed by atoms with van der Waals surface area (Å²) >= 11 is 0. The third kappa shape index (κ3) is 4.20. The first kappa shape index (κ1) is 17.1. The molecule has 0 bridgehead atoms. The van der Waals surface area contributed by atoms with E-state index in [4.69, 9.17) is 15.2 Å². The van der Waals surface area contributed by atoms with Crippen molar-refractivity contribution in [2.24, 2.45) is 10.7 Å². The number of aliphatic imine (C=N–C) groups is 1. The Labute approximate surface area is 147 Å². The lowest BCUT2D eigenvalue weighted by Gasteiger charge is -2.20. The summed E-state index contributed by atoms with van der Waals surface area (Å²) in [6, 6.07) is 5.61. The van der Waals surface area contributed by atoms with Gasteiger partial charge in [-0.05, 0) is 32.9 Å². The van der Waals surface area contributed by atoms with Crippen LogP contribution < -0.4 is 20.5 Å². The molecular weight excluding hydrogens is 320 g/mol. The molecule has 0 saturated heterocycles. The van der Waals surface area contributed by atoms with Gasteiger partial charge in [0.15, 0.2) is 17.5 Å². The van der Waals surface area contributed by atoms with Gasteiger partial charge in [0.05, 0.1) is 18.8 Å². The molecule has 2 aromatic rings. The number of nitrogens with two attached hydrogens (primary N) is 1. The summed E-state index contributed by atoms with van der Waals surface area (Å²) in [5.74, 6) is 2.52. The SMILES string of the molecule is CC(C)(C)n1ncnc1CN=C(N)Nc1ccc2c(c1)OCCCO2. The molecule has 8 nitrogen and oxygen atoms in total. The van der Waals surface area contributed by atoms with E-state index < -0.39 is 0 Å². The first-order valence-corrected chi connectivity index (χ1v) is 8.29. The molecular formula is C17H24N6O2. The predicted octanol–water partition coefficient (Wildman–Crippen LogP) is 2.12. The maximum absolute atomic E-state index is 6.00. The van der Waals surface area contributed by atoms with Crippen LogP contribution in [0.25, 0.3) is 0 Å². The standard InChI is InChI=1S/C17H24N6O2/c1-17(2,3)23-15(20-11-21-23)10-19-16(18)22-12-5-6-13-14(9-12)25-8-4-7-24-13/h5-6,9,11H,4,7-8,10H2,1-3H3,(H3,18,19,22). The lowest BCUT2D eigenvalue weighted by atomic mass is 10.1. The Morgan fingerprint density at radius 3 is 2.80 bits per heavy atom. The monoisotopic (exact) mass is 344 g/mol. The molecule has 1 aliphatic rings. The van der Waals surface area contributed by atoms with Crippen molar-refractivity contribution >= 4 is 11.6 Å². The van der Waals surface area contributed by atoms with Gasteiger partial charge in [-0.25, -0.2) is 14.7 Å². The fourth-order valence-electron chi connectivity index (χ4n) is 2.52. The highest BCUT2D eigenvalue weighted by Gasteiger charge is 2.18. The van der Waals surface area contributed by atoms with Gasteiger partial charge in [0.25, 0.3) is 0 Å². The first-order chi connectivity index (χ1) is 11.9. The van der Waals surface area contributed by atoms with E-state index in [1.165, 1.54) is 6.33 Å². The van der Waals surface area contributed by atoms with Crippen LogP contribution in [-0.4, -0.2) is 33.9 Å². The van der Waals surface area contributed by atoms with Crippen molar-refractivity contribution < 1.29 is 9.47 Å². The number of benzene rings is 1. The van der Waals surface area contributed by atoms with Gasteiger partial charge < -0.3 is 20.5 Å². The van der Waals surface area contributed by atoms with Gasteiger partial charge in [0, 0.05) is 18.2 Å². The van der Waals surface area contributed by atoms with E-state index in [1.807, 2.05) is 22.9 Å². The van der Waals surface area contributed by atoms with Crippen molar-refractivity contribution in [2.45, 2.75) is 39.3 Å². The molecule has 0 spiro atoms. The number of ether oxygens (including phenoxy) is 2. The minimum Gasteiger partial charge on any atom is -0.490 e. The maximum atomic E-state index is 6.00. The molecule has 3 N–H and O–H groups in total. The van der Waals surface area contributed by atoms with Crippen molar-refractivity contribution in [2.75, 3.05) is 18.5 Å². The molecule has 1 aliphatic heterocycles. The number of guanidine groups is 1. The summed E-state index contributed by atoms with van der Waals surface area (Å²) in [7, 11) is 0. The van der Waals surface area contributed by atoms with Gasteiger partial charge >= 0.3 is 0 Å². The van der Waals surface area contributed by atoms with Crippen molar-refractivity contribution in [3.8, 4) is 11.5 Å². The van der Waals surface area contributed by atoms with Crippen molar-refractivity contribution in [1.29, 1.82) is 0 Å². The van der Waals surface area contributed by atoms with E-state index in [1.54, 1.807) is 0 Å². The van der Waals surface area contributed by atoms with E-state index in [2.05, 4.69) is 41.2 Å². The van der Waals surface area contributed by atoms with Crippen LogP contribution in [0.1, 0.15) is 33.0 Å². The van der Waals surface area contributed by atoms with Gasteiger partial charge in [-0.1, -0.05) is 0 Å². The zero-order valence-electron chi connectivity index (χ0n) is 14.8. The van der Waals surface area contributed by atoms with Gasteiger partial charge in [0.1, 0.15) is 18.7 Å². The van der Waals surface area contributed by atoms with E-state index in [0.717, 1.165) is 23.7 Å². The Morgan fingerprint density at radius 2 is 2.04 bits per heavy atom. The van der Waals surface area contributed by atoms with Crippen LogP contribution in [0.4, 0.5) is 5.69 Å². The molecule has 2 heterocycles. The van der Waals surface area contributed by atoms with E-state index in [-0.39, 0.29) is 5.54 Å². The Morgan fingerprint density at radius 1 is 1.28 bits per heavy atom. The molecule has 0 saturated carbocycles. The molecule has 0 atom stereocenters. The number of hydrogen-bond acceptors (Lipinski definition) is 5. The van der Waals surface area contributed by atoms with Gasteiger partial charge in [-0.3, -0.25) is 0 Å². The number of nitrogens with one attached hydrogen (secondary N) is 1. The summed E-state index contributed by atoms with van der Waals surface area (Å²) < 4.78 is 13.1. The molecule has 0 radical (unpaired) electrons.